The fraction of sp³-hybridized carbons (Fsp3) is 0. The van der Waals surface area contributed by atoms with E-state index in [0.29, 0.717) is 10.7 Å². The summed E-state index contributed by atoms with van der Waals surface area (Å²) in [5.41, 5.74) is -0.539. The van der Waals surface area contributed by atoms with Crippen LogP contribution in [0.25, 0.3) is 0 Å². The first-order valence-corrected chi connectivity index (χ1v) is 6.03. The van der Waals surface area contributed by atoms with Crippen LogP contribution in [0, 0.1) is 0 Å². The highest BCUT2D eigenvalue weighted by Crippen LogP contribution is 2.25. The molecule has 0 bridgehead atoms. The normalized spacial score (nSPS) is 10.1. The summed E-state index contributed by atoms with van der Waals surface area (Å²) in [6, 6.07) is 4.44. The number of nitrogens with one attached hydrogen (secondary N) is 1. The molecule has 1 N–H and O–H groups in total. The van der Waals surface area contributed by atoms with Gasteiger partial charge >= 0.3 is 0 Å². The number of carbonyl (C=O) groups excluding carboxylic acids is 2. The molecule has 0 aliphatic heterocycles. The number of rotatable bonds is 3. The second-order valence-electron chi connectivity index (χ2n) is 3.62. The number of aromatic nitrogens is 2. The number of amides is 1. The lowest BCUT2D eigenvalue weighted by atomic mass is 10.2. The predicted octanol–water partition coefficient (Wildman–Crippen LogP) is 1.40. The average Bonchev–Trinajstić information content (AvgIpc) is 2.43. The largest absolute Gasteiger partial charge is 0.543 e. The van der Waals surface area contributed by atoms with E-state index in [-0.39, 0.29) is 10.7 Å². The Kier molecular flexibility index (Phi) is 4.16. The fourth-order valence-electron chi connectivity index (χ4n) is 1.42. The second kappa shape index (κ2) is 5.85. The lowest BCUT2D eigenvalue weighted by molar-refractivity contribution is -0.255. The van der Waals surface area contributed by atoms with E-state index in [0.717, 1.165) is 6.20 Å². The highest BCUT2D eigenvalue weighted by molar-refractivity contribution is 6.42. The first-order valence-electron chi connectivity index (χ1n) is 5.28. The minimum absolute atomic E-state index is 0.253. The number of carboxylic acid groups (broad SMARTS) is 1. The highest BCUT2D eigenvalue weighted by Gasteiger charge is 2.15. The van der Waals surface area contributed by atoms with Crippen LogP contribution < -0.4 is 10.4 Å². The Bertz CT molecular complexity index is 691. The third kappa shape index (κ3) is 3.04. The van der Waals surface area contributed by atoms with Gasteiger partial charge in [0.15, 0.2) is 5.69 Å². The fourth-order valence-corrected chi connectivity index (χ4v) is 1.72. The van der Waals surface area contributed by atoms with E-state index < -0.39 is 17.6 Å². The molecule has 1 aromatic carbocycles. The highest BCUT2D eigenvalue weighted by atomic mass is 35.5. The van der Waals surface area contributed by atoms with E-state index in [1.54, 1.807) is 0 Å². The minimum atomic E-state index is -1.59. The van der Waals surface area contributed by atoms with Gasteiger partial charge in [0.25, 0.3) is 5.91 Å². The van der Waals surface area contributed by atoms with Crippen molar-refractivity contribution in [3.63, 3.8) is 0 Å². The standard InChI is InChI=1S/C12H7Cl2N3O3/c13-7-2-1-6(5-8(7)14)17-11(18)9-10(12(19)20)16-4-3-15-9/h1-5H,(H,17,18)(H,19,20)/p-1. The lowest BCUT2D eigenvalue weighted by Gasteiger charge is -2.09. The number of carbonyl (C=O) groups is 2. The molecular weight excluding hydrogens is 305 g/mol. The van der Waals surface area contributed by atoms with Gasteiger partial charge in [0.2, 0.25) is 0 Å². The molecule has 0 saturated carbocycles. The van der Waals surface area contributed by atoms with Crippen LogP contribution >= 0.6 is 23.2 Å². The number of benzene rings is 1. The summed E-state index contributed by atoms with van der Waals surface area (Å²) in [7, 11) is 0. The monoisotopic (exact) mass is 310 g/mol. The lowest BCUT2D eigenvalue weighted by Crippen LogP contribution is -2.28. The minimum Gasteiger partial charge on any atom is -0.543 e. The van der Waals surface area contributed by atoms with Crippen molar-refractivity contribution in [3.8, 4) is 0 Å². The average molecular weight is 311 g/mol. The number of carboxylic acids is 1. The Morgan fingerprint density at radius 2 is 1.70 bits per heavy atom. The van der Waals surface area contributed by atoms with Gasteiger partial charge in [0, 0.05) is 18.1 Å². The van der Waals surface area contributed by atoms with E-state index >= 15 is 0 Å². The number of hydrogen-bond donors (Lipinski definition) is 1. The van der Waals surface area contributed by atoms with Crippen LogP contribution in [-0.4, -0.2) is 21.8 Å². The maximum atomic E-state index is 12.0. The van der Waals surface area contributed by atoms with Crippen LogP contribution in [0.15, 0.2) is 30.6 Å². The van der Waals surface area contributed by atoms with Crippen LogP contribution in [0.2, 0.25) is 10.0 Å². The first-order chi connectivity index (χ1) is 9.49. The number of nitrogens with zero attached hydrogens (tertiary/aromatic N) is 2. The van der Waals surface area contributed by atoms with Crippen molar-refractivity contribution in [1.29, 1.82) is 0 Å². The zero-order valence-corrected chi connectivity index (χ0v) is 11.3. The maximum absolute atomic E-state index is 12.0. The Hall–Kier alpha value is -2.18. The molecule has 0 unspecified atom stereocenters. The maximum Gasteiger partial charge on any atom is 0.276 e. The smallest absolute Gasteiger partial charge is 0.276 e. The molecular formula is C12H6Cl2N3O3-. The quantitative estimate of drug-likeness (QED) is 0.924. The molecule has 0 aliphatic carbocycles. The van der Waals surface area contributed by atoms with Crippen LogP contribution in [0.5, 0.6) is 0 Å². The molecule has 0 radical (unpaired) electrons. The topological polar surface area (TPSA) is 95.0 Å². The van der Waals surface area contributed by atoms with Gasteiger partial charge in [-0.2, -0.15) is 0 Å². The first kappa shape index (κ1) is 14.2. The van der Waals surface area contributed by atoms with Gasteiger partial charge in [-0.05, 0) is 18.2 Å². The van der Waals surface area contributed by atoms with Crippen molar-refractivity contribution in [2.45, 2.75) is 0 Å². The summed E-state index contributed by atoms with van der Waals surface area (Å²) >= 11 is 11.6. The molecule has 0 aliphatic rings. The van der Waals surface area contributed by atoms with Gasteiger partial charge < -0.3 is 15.2 Å². The van der Waals surface area contributed by atoms with Gasteiger partial charge in [-0.3, -0.25) is 9.78 Å². The molecule has 1 aromatic heterocycles. The molecule has 2 rings (SSSR count). The summed E-state index contributed by atoms with van der Waals surface area (Å²) in [6.45, 7) is 0. The summed E-state index contributed by atoms with van der Waals surface area (Å²) < 4.78 is 0. The summed E-state index contributed by atoms with van der Waals surface area (Å²) in [5, 5.41) is 13.9. The second-order valence-corrected chi connectivity index (χ2v) is 4.44. The van der Waals surface area contributed by atoms with Crippen LogP contribution in [0.1, 0.15) is 21.0 Å². The molecule has 20 heavy (non-hydrogen) atoms. The third-order valence-corrected chi connectivity index (χ3v) is 3.02. The molecule has 1 amide bonds. The van der Waals surface area contributed by atoms with E-state index in [1.807, 2.05) is 0 Å². The zero-order chi connectivity index (χ0) is 14.7. The summed E-state index contributed by atoms with van der Waals surface area (Å²) in [6.07, 6.45) is 2.36. The Balaban J connectivity index is 2.28. The molecule has 1 heterocycles. The van der Waals surface area contributed by atoms with Crippen molar-refractivity contribution in [2.24, 2.45) is 0 Å². The molecule has 0 saturated heterocycles. The van der Waals surface area contributed by atoms with E-state index in [2.05, 4.69) is 15.3 Å². The molecule has 2 aromatic rings. The van der Waals surface area contributed by atoms with Crippen molar-refractivity contribution in [2.75, 3.05) is 5.32 Å². The van der Waals surface area contributed by atoms with E-state index in [4.69, 9.17) is 23.2 Å². The number of halogens is 2. The Labute approximate surface area is 123 Å². The van der Waals surface area contributed by atoms with E-state index in [1.165, 1.54) is 24.4 Å². The van der Waals surface area contributed by atoms with Crippen molar-refractivity contribution in [1.82, 2.24) is 9.97 Å². The molecule has 6 nitrogen and oxygen atoms in total. The predicted molar refractivity (Wildman–Crippen MR) is 70.8 cm³/mol. The molecule has 8 heteroatoms. The van der Waals surface area contributed by atoms with E-state index in [9.17, 15) is 14.7 Å². The number of hydrogen-bond acceptors (Lipinski definition) is 5. The Morgan fingerprint density at radius 1 is 1.05 bits per heavy atom. The van der Waals surface area contributed by atoms with Gasteiger partial charge in [-0.25, -0.2) is 4.98 Å². The zero-order valence-electron chi connectivity index (χ0n) is 9.76. The van der Waals surface area contributed by atoms with Crippen molar-refractivity contribution < 1.29 is 14.7 Å². The van der Waals surface area contributed by atoms with Crippen LogP contribution in [0.4, 0.5) is 5.69 Å². The molecule has 102 valence electrons. The SMILES string of the molecule is O=C([O-])c1nccnc1C(=O)Nc1ccc(Cl)c(Cl)c1. The van der Waals surface area contributed by atoms with Crippen molar-refractivity contribution >= 4 is 40.8 Å². The number of anilines is 1. The molecule has 0 atom stereocenters. The van der Waals surface area contributed by atoms with Crippen LogP contribution in [-0.2, 0) is 0 Å². The van der Waals surface area contributed by atoms with Gasteiger partial charge in [-0.15, -0.1) is 0 Å². The summed E-state index contributed by atoms with van der Waals surface area (Å²) in [4.78, 5) is 30.0. The van der Waals surface area contributed by atoms with Crippen LogP contribution in [0.3, 0.4) is 0 Å². The van der Waals surface area contributed by atoms with Gasteiger partial charge in [-0.1, -0.05) is 23.2 Å². The number of aromatic carboxylic acids is 1. The summed E-state index contributed by atoms with van der Waals surface area (Å²) in [5.74, 6) is -2.33. The molecule has 0 fully saturated rings. The third-order valence-electron chi connectivity index (χ3n) is 2.28. The molecule has 0 spiro atoms. The van der Waals surface area contributed by atoms with Gasteiger partial charge in [0.1, 0.15) is 5.69 Å². The van der Waals surface area contributed by atoms with Crippen molar-refractivity contribution in [3.05, 3.63) is 52.0 Å². The van der Waals surface area contributed by atoms with Gasteiger partial charge in [0.05, 0.1) is 16.0 Å². The Morgan fingerprint density at radius 3 is 2.30 bits per heavy atom.